The molecule has 2 aromatic heterocycles. The van der Waals surface area contributed by atoms with Crippen LogP contribution in [0.4, 0.5) is 4.79 Å². The molecule has 7 heteroatoms. The van der Waals surface area contributed by atoms with Crippen LogP contribution in [0.25, 0.3) is 0 Å². The number of hydrogen-bond donors (Lipinski definition) is 0. The van der Waals surface area contributed by atoms with Crippen molar-refractivity contribution in [1.82, 2.24) is 9.97 Å². The van der Waals surface area contributed by atoms with Crippen LogP contribution in [-0.4, -0.2) is 43.6 Å². The summed E-state index contributed by atoms with van der Waals surface area (Å²) < 4.78 is 21.4. The van der Waals surface area contributed by atoms with E-state index in [4.69, 9.17) is 18.9 Å². The Labute approximate surface area is 166 Å². The molecular weight excluding hydrogens is 360 g/mol. The quantitative estimate of drug-likeness (QED) is 0.634. The van der Waals surface area contributed by atoms with Gasteiger partial charge in [0.05, 0.1) is 13.2 Å². The number of methoxy groups -OCH3 is 2. The van der Waals surface area contributed by atoms with Crippen molar-refractivity contribution in [2.75, 3.05) is 27.4 Å². The number of nitrogens with zero attached hydrogens (tertiary/aromatic N) is 2. The van der Waals surface area contributed by atoms with Crippen molar-refractivity contribution in [3.05, 3.63) is 47.8 Å². The second-order valence-corrected chi connectivity index (χ2v) is 7.80. The molecule has 0 amide bonds. The van der Waals surface area contributed by atoms with Gasteiger partial charge in [-0.3, -0.25) is 0 Å². The highest BCUT2D eigenvalue weighted by molar-refractivity contribution is 5.67. The van der Waals surface area contributed by atoms with Crippen LogP contribution in [0.1, 0.15) is 38.8 Å². The van der Waals surface area contributed by atoms with E-state index in [-0.39, 0.29) is 11.8 Å². The minimum Gasteiger partial charge on any atom is -0.384 e. The molecule has 0 saturated heterocycles. The molecule has 2 heterocycles. The maximum absolute atomic E-state index is 12.5. The summed E-state index contributed by atoms with van der Waals surface area (Å²) in [5.41, 5.74) is 0.703. The van der Waals surface area contributed by atoms with Gasteiger partial charge < -0.3 is 18.9 Å². The van der Waals surface area contributed by atoms with Gasteiger partial charge in [0.1, 0.15) is 0 Å². The molecule has 0 spiro atoms. The van der Waals surface area contributed by atoms with Crippen molar-refractivity contribution >= 4 is 6.16 Å². The molecule has 7 nitrogen and oxygen atoms in total. The smallest absolute Gasteiger partial charge is 0.384 e. The van der Waals surface area contributed by atoms with Crippen molar-refractivity contribution in [3.63, 3.8) is 0 Å². The van der Waals surface area contributed by atoms with Gasteiger partial charge in [-0.15, -0.1) is 0 Å². The van der Waals surface area contributed by atoms with Crippen LogP contribution >= 0.6 is 0 Å². The molecule has 0 saturated carbocycles. The number of hydrogen-bond acceptors (Lipinski definition) is 7. The summed E-state index contributed by atoms with van der Waals surface area (Å²) in [6.45, 7) is 8.82. The highest BCUT2D eigenvalue weighted by Gasteiger charge is 2.29. The van der Waals surface area contributed by atoms with Gasteiger partial charge >= 0.3 is 6.16 Å². The lowest BCUT2D eigenvalue weighted by molar-refractivity contribution is 0.131. The molecule has 152 valence electrons. The van der Waals surface area contributed by atoms with Crippen molar-refractivity contribution < 1.29 is 23.7 Å². The summed E-state index contributed by atoms with van der Waals surface area (Å²) in [6.07, 6.45) is 2.22. The average Bonchev–Trinajstić information content (AvgIpc) is 2.62. The highest BCUT2D eigenvalue weighted by Crippen LogP contribution is 2.32. The Hall–Kier alpha value is -2.51. The molecule has 0 N–H and O–H groups in total. The number of pyridine rings is 2. The Morgan fingerprint density at radius 3 is 1.57 bits per heavy atom. The van der Waals surface area contributed by atoms with E-state index in [1.165, 1.54) is 0 Å². The molecule has 0 fully saturated rings. The van der Waals surface area contributed by atoms with E-state index in [1.807, 2.05) is 39.8 Å². The van der Waals surface area contributed by atoms with Gasteiger partial charge in [-0.05, 0) is 12.1 Å². The number of ether oxygens (including phenoxy) is 4. The molecule has 0 unspecified atom stereocenters. The van der Waals surface area contributed by atoms with Gasteiger partial charge in [0.15, 0.2) is 0 Å². The fraction of sp³-hybridized carbons (Fsp3) is 0.476. The van der Waals surface area contributed by atoms with E-state index in [9.17, 15) is 4.79 Å². The zero-order valence-corrected chi connectivity index (χ0v) is 17.3. The van der Waals surface area contributed by atoms with E-state index in [0.717, 1.165) is 11.1 Å². The highest BCUT2D eigenvalue weighted by atomic mass is 16.7. The summed E-state index contributed by atoms with van der Waals surface area (Å²) in [7, 11) is 3.24. The zero-order chi connectivity index (χ0) is 20.8. The Balaban J connectivity index is 2.24. The lowest BCUT2D eigenvalue weighted by Crippen LogP contribution is -2.28. The number of carbonyl (C=O) groups excluding carboxylic acids is 1. The van der Waals surface area contributed by atoms with Crippen LogP contribution in [0.5, 0.6) is 11.8 Å². The fourth-order valence-corrected chi connectivity index (χ4v) is 3.03. The van der Waals surface area contributed by atoms with Crippen LogP contribution in [-0.2, 0) is 20.3 Å². The zero-order valence-electron chi connectivity index (χ0n) is 17.3. The first-order valence-corrected chi connectivity index (χ1v) is 9.00. The molecule has 2 aromatic rings. The number of carbonyl (C=O) groups is 1. The summed E-state index contributed by atoms with van der Waals surface area (Å²) in [5.74, 6) is 0.367. The molecule has 0 aromatic carbocycles. The largest absolute Gasteiger partial charge is 0.522 e. The first-order chi connectivity index (χ1) is 13.2. The Bertz CT molecular complexity index is 739. The predicted octanol–water partition coefficient (Wildman–Crippen LogP) is 3.90. The molecule has 0 atom stereocenters. The lowest BCUT2D eigenvalue weighted by Gasteiger charge is -2.26. The minimum absolute atomic E-state index is 0.184. The van der Waals surface area contributed by atoms with Crippen molar-refractivity contribution in [1.29, 1.82) is 0 Å². The first-order valence-electron chi connectivity index (χ1n) is 9.00. The average molecular weight is 388 g/mol. The molecular formula is C21H28N2O5. The van der Waals surface area contributed by atoms with Crippen molar-refractivity contribution in [3.8, 4) is 11.8 Å². The Kier molecular flexibility index (Phi) is 7.10. The van der Waals surface area contributed by atoms with Gasteiger partial charge in [-0.1, -0.05) is 39.8 Å². The van der Waals surface area contributed by atoms with Crippen LogP contribution < -0.4 is 9.47 Å². The maximum atomic E-state index is 12.5. The van der Waals surface area contributed by atoms with Gasteiger partial charge in [0, 0.05) is 48.6 Å². The van der Waals surface area contributed by atoms with E-state index in [1.54, 1.807) is 38.7 Å². The van der Waals surface area contributed by atoms with Gasteiger partial charge in [0.2, 0.25) is 11.8 Å². The monoisotopic (exact) mass is 388 g/mol. The topological polar surface area (TPSA) is 79.8 Å². The SMILES string of the molecule is COCC(C)(C)c1cccnc1OC(=O)Oc1ncccc1C(C)(C)COC. The third-order valence-electron chi connectivity index (χ3n) is 4.37. The first kappa shape index (κ1) is 21.8. The minimum atomic E-state index is -0.902. The standard InChI is InChI=1S/C21H28N2O5/c1-20(2,13-25-5)15-9-7-11-22-17(15)27-19(24)28-18-16(10-8-12-23-18)21(3,4)14-26-6/h7-12H,13-14H2,1-6H3. The summed E-state index contributed by atoms with van der Waals surface area (Å²) in [5, 5.41) is 0. The van der Waals surface area contributed by atoms with Gasteiger partial charge in [-0.2, -0.15) is 0 Å². The van der Waals surface area contributed by atoms with Crippen LogP contribution in [0.15, 0.2) is 36.7 Å². The van der Waals surface area contributed by atoms with E-state index >= 15 is 0 Å². The van der Waals surface area contributed by atoms with E-state index in [0.29, 0.717) is 13.2 Å². The van der Waals surface area contributed by atoms with Gasteiger partial charge in [-0.25, -0.2) is 14.8 Å². The molecule has 0 bridgehead atoms. The van der Waals surface area contributed by atoms with Crippen LogP contribution in [0, 0.1) is 0 Å². The molecule has 2 rings (SSSR count). The summed E-state index contributed by atoms with van der Waals surface area (Å²) >= 11 is 0. The third kappa shape index (κ3) is 5.27. The molecule has 0 aliphatic heterocycles. The normalized spacial score (nSPS) is 11.9. The number of aromatic nitrogens is 2. The summed E-state index contributed by atoms with van der Waals surface area (Å²) in [6, 6.07) is 7.27. The fourth-order valence-electron chi connectivity index (χ4n) is 3.03. The van der Waals surface area contributed by atoms with E-state index in [2.05, 4.69) is 9.97 Å². The third-order valence-corrected chi connectivity index (χ3v) is 4.37. The van der Waals surface area contributed by atoms with E-state index < -0.39 is 17.0 Å². The second kappa shape index (κ2) is 9.12. The number of rotatable bonds is 8. The molecule has 0 aliphatic rings. The Morgan fingerprint density at radius 2 is 1.21 bits per heavy atom. The lowest BCUT2D eigenvalue weighted by atomic mass is 9.86. The molecule has 0 aliphatic carbocycles. The Morgan fingerprint density at radius 1 is 0.821 bits per heavy atom. The van der Waals surface area contributed by atoms with Crippen molar-refractivity contribution in [2.24, 2.45) is 0 Å². The second-order valence-electron chi connectivity index (χ2n) is 7.80. The molecule has 0 radical (unpaired) electrons. The molecule has 28 heavy (non-hydrogen) atoms. The van der Waals surface area contributed by atoms with Crippen LogP contribution in [0.3, 0.4) is 0 Å². The predicted molar refractivity (Wildman–Crippen MR) is 105 cm³/mol. The van der Waals surface area contributed by atoms with Crippen LogP contribution in [0.2, 0.25) is 0 Å². The maximum Gasteiger partial charge on any atom is 0.522 e. The van der Waals surface area contributed by atoms with Crippen molar-refractivity contribution in [2.45, 2.75) is 38.5 Å². The van der Waals surface area contributed by atoms with Gasteiger partial charge in [0.25, 0.3) is 0 Å². The summed E-state index contributed by atoms with van der Waals surface area (Å²) in [4.78, 5) is 20.8.